The Hall–Kier alpha value is -3.02. The van der Waals surface area contributed by atoms with Crippen molar-refractivity contribution in [3.8, 4) is 22.8 Å². The highest BCUT2D eigenvalue weighted by Gasteiger charge is 2.20. The third-order valence-corrected chi connectivity index (χ3v) is 4.19. The van der Waals surface area contributed by atoms with Crippen molar-refractivity contribution >= 4 is 5.97 Å². The van der Waals surface area contributed by atoms with Crippen LogP contribution in [0.1, 0.15) is 32.6 Å². The van der Waals surface area contributed by atoms with Crippen molar-refractivity contribution in [2.75, 3.05) is 0 Å². The van der Waals surface area contributed by atoms with Crippen molar-refractivity contribution in [3.63, 3.8) is 0 Å². The van der Waals surface area contributed by atoms with Crippen LogP contribution in [-0.2, 0) is 0 Å². The van der Waals surface area contributed by atoms with Gasteiger partial charge in [0.05, 0.1) is 11.1 Å². The molecule has 1 aromatic heterocycles. The zero-order valence-electron chi connectivity index (χ0n) is 14.3. The second kappa shape index (κ2) is 6.12. The number of benzene rings is 2. The highest BCUT2D eigenvalue weighted by molar-refractivity contribution is 5.89. The Balaban J connectivity index is 2.11. The Morgan fingerprint density at radius 3 is 2.48 bits per heavy atom. The molecule has 1 heterocycles. The van der Waals surface area contributed by atoms with E-state index in [2.05, 4.69) is 10.1 Å². The summed E-state index contributed by atoms with van der Waals surface area (Å²) >= 11 is 0. The maximum absolute atomic E-state index is 14.6. The van der Waals surface area contributed by atoms with E-state index in [1.807, 2.05) is 13.0 Å². The fraction of sp³-hybridized carbons (Fsp3) is 0.211. The summed E-state index contributed by atoms with van der Waals surface area (Å²) < 4.78 is 19.9. The number of nitrogens with zero attached hydrogens (tertiary/aromatic N) is 2. The highest BCUT2D eigenvalue weighted by atomic mass is 19.1. The minimum Gasteiger partial charge on any atom is -0.478 e. The molecular formula is C19H17FN2O3. The number of carbonyl (C=O) groups is 1. The highest BCUT2D eigenvalue weighted by Crippen LogP contribution is 2.31. The monoisotopic (exact) mass is 340 g/mol. The summed E-state index contributed by atoms with van der Waals surface area (Å²) in [5.41, 5.74) is 3.76. The first-order valence-electron chi connectivity index (χ1n) is 7.73. The molecule has 3 rings (SSSR count). The van der Waals surface area contributed by atoms with Crippen LogP contribution in [0, 0.1) is 33.5 Å². The van der Waals surface area contributed by atoms with Gasteiger partial charge in [0.1, 0.15) is 5.82 Å². The molecule has 5 nitrogen and oxygen atoms in total. The minimum absolute atomic E-state index is 0.0754. The number of rotatable bonds is 3. The van der Waals surface area contributed by atoms with Gasteiger partial charge in [0.15, 0.2) is 0 Å². The number of aromatic carboxylic acids is 1. The van der Waals surface area contributed by atoms with E-state index in [0.717, 1.165) is 11.1 Å². The van der Waals surface area contributed by atoms with Gasteiger partial charge in [-0.15, -0.1) is 0 Å². The molecule has 0 atom stereocenters. The van der Waals surface area contributed by atoms with E-state index in [-0.39, 0.29) is 28.7 Å². The lowest BCUT2D eigenvalue weighted by atomic mass is 9.99. The molecule has 0 aliphatic carbocycles. The number of halogens is 1. The minimum atomic E-state index is -1.04. The molecule has 0 unspecified atom stereocenters. The van der Waals surface area contributed by atoms with Crippen LogP contribution in [0.5, 0.6) is 0 Å². The van der Waals surface area contributed by atoms with Crippen LogP contribution in [0.15, 0.2) is 28.8 Å². The van der Waals surface area contributed by atoms with Crippen molar-refractivity contribution in [2.24, 2.45) is 0 Å². The summed E-state index contributed by atoms with van der Waals surface area (Å²) in [7, 11) is 0. The average molecular weight is 340 g/mol. The van der Waals surface area contributed by atoms with Crippen LogP contribution >= 0.6 is 0 Å². The largest absolute Gasteiger partial charge is 0.478 e. The average Bonchev–Trinajstić information content (AvgIpc) is 3.01. The molecule has 6 heteroatoms. The molecule has 3 aromatic rings. The predicted molar refractivity (Wildman–Crippen MR) is 91.0 cm³/mol. The van der Waals surface area contributed by atoms with Crippen LogP contribution < -0.4 is 0 Å². The summed E-state index contributed by atoms with van der Waals surface area (Å²) in [4.78, 5) is 15.5. The van der Waals surface area contributed by atoms with E-state index in [4.69, 9.17) is 4.52 Å². The summed E-state index contributed by atoms with van der Waals surface area (Å²) in [6, 6.07) is 6.64. The first kappa shape index (κ1) is 16.8. The second-order valence-electron chi connectivity index (χ2n) is 6.14. The molecule has 0 aliphatic heterocycles. The fourth-order valence-electron chi connectivity index (χ4n) is 2.78. The normalized spacial score (nSPS) is 10.9. The van der Waals surface area contributed by atoms with Gasteiger partial charge in [-0.2, -0.15) is 4.98 Å². The lowest BCUT2D eigenvalue weighted by Gasteiger charge is -2.08. The first-order chi connectivity index (χ1) is 11.8. The molecule has 0 aliphatic rings. The number of aromatic nitrogens is 2. The van der Waals surface area contributed by atoms with Gasteiger partial charge in [0, 0.05) is 5.56 Å². The van der Waals surface area contributed by atoms with Crippen LogP contribution in [0.2, 0.25) is 0 Å². The number of aryl methyl sites for hydroxylation is 3. The standard InChI is InChI=1S/C19H17FN2O3/c1-9-5-13(8-14(6-9)19(23)24)17-21-18(25-22-17)15-11(3)7-10(2)12(4)16(15)20/h5-8H,1-4H3,(H,23,24). The van der Waals surface area contributed by atoms with E-state index < -0.39 is 5.97 Å². The second-order valence-corrected chi connectivity index (χ2v) is 6.14. The van der Waals surface area contributed by atoms with Gasteiger partial charge in [-0.25, -0.2) is 9.18 Å². The van der Waals surface area contributed by atoms with E-state index in [0.29, 0.717) is 16.7 Å². The van der Waals surface area contributed by atoms with Gasteiger partial charge >= 0.3 is 5.97 Å². The van der Waals surface area contributed by atoms with Crippen LogP contribution in [-0.4, -0.2) is 21.2 Å². The third kappa shape index (κ3) is 3.03. The zero-order valence-corrected chi connectivity index (χ0v) is 14.3. The Morgan fingerprint density at radius 1 is 1.08 bits per heavy atom. The molecule has 0 saturated heterocycles. The summed E-state index contributed by atoms with van der Waals surface area (Å²) in [6.45, 7) is 7.10. The van der Waals surface area contributed by atoms with Crippen molar-refractivity contribution in [3.05, 3.63) is 57.9 Å². The van der Waals surface area contributed by atoms with Crippen LogP contribution in [0.3, 0.4) is 0 Å². The van der Waals surface area contributed by atoms with Gasteiger partial charge in [0.25, 0.3) is 5.89 Å². The Bertz CT molecular complexity index is 993. The van der Waals surface area contributed by atoms with Crippen LogP contribution in [0.25, 0.3) is 22.8 Å². The molecular weight excluding hydrogens is 323 g/mol. The molecule has 25 heavy (non-hydrogen) atoms. The Morgan fingerprint density at radius 2 is 1.80 bits per heavy atom. The molecule has 2 aromatic carbocycles. The molecule has 0 fully saturated rings. The molecule has 0 bridgehead atoms. The van der Waals surface area contributed by atoms with Gasteiger partial charge in [-0.1, -0.05) is 11.2 Å². The van der Waals surface area contributed by atoms with E-state index >= 15 is 0 Å². The molecule has 0 saturated carbocycles. The Labute approximate surface area is 144 Å². The molecule has 128 valence electrons. The van der Waals surface area contributed by atoms with Crippen molar-refractivity contribution in [1.82, 2.24) is 10.1 Å². The lowest BCUT2D eigenvalue weighted by Crippen LogP contribution is -1.98. The first-order valence-corrected chi connectivity index (χ1v) is 7.73. The van der Waals surface area contributed by atoms with Crippen molar-refractivity contribution in [1.29, 1.82) is 0 Å². The summed E-state index contributed by atoms with van der Waals surface area (Å²) in [5, 5.41) is 13.1. The Kier molecular flexibility index (Phi) is 4.12. The fourth-order valence-corrected chi connectivity index (χ4v) is 2.78. The number of carboxylic acids is 1. The number of hydrogen-bond donors (Lipinski definition) is 1. The van der Waals surface area contributed by atoms with Crippen LogP contribution in [0.4, 0.5) is 4.39 Å². The van der Waals surface area contributed by atoms with E-state index in [9.17, 15) is 14.3 Å². The third-order valence-electron chi connectivity index (χ3n) is 4.19. The predicted octanol–water partition coefficient (Wildman–Crippen LogP) is 4.47. The van der Waals surface area contributed by atoms with E-state index in [1.54, 1.807) is 32.9 Å². The van der Waals surface area contributed by atoms with Gasteiger partial charge in [-0.05, 0) is 68.1 Å². The zero-order chi connectivity index (χ0) is 18.3. The topological polar surface area (TPSA) is 76.2 Å². The number of carboxylic acid groups (broad SMARTS) is 1. The molecule has 1 N–H and O–H groups in total. The molecule has 0 radical (unpaired) electrons. The van der Waals surface area contributed by atoms with E-state index in [1.165, 1.54) is 6.07 Å². The molecule has 0 amide bonds. The van der Waals surface area contributed by atoms with Gasteiger partial charge in [-0.3, -0.25) is 0 Å². The van der Waals surface area contributed by atoms with Crippen molar-refractivity contribution < 1.29 is 18.8 Å². The molecule has 0 spiro atoms. The summed E-state index contributed by atoms with van der Waals surface area (Å²) in [6.07, 6.45) is 0. The van der Waals surface area contributed by atoms with Crippen molar-refractivity contribution in [2.45, 2.75) is 27.7 Å². The van der Waals surface area contributed by atoms with Gasteiger partial charge in [0.2, 0.25) is 5.82 Å². The lowest BCUT2D eigenvalue weighted by molar-refractivity contribution is 0.0697. The SMILES string of the molecule is Cc1cc(C(=O)O)cc(-c2noc(-c3c(C)cc(C)c(C)c3F)n2)c1. The number of hydrogen-bond acceptors (Lipinski definition) is 4. The maximum Gasteiger partial charge on any atom is 0.335 e. The summed E-state index contributed by atoms with van der Waals surface area (Å²) in [5.74, 6) is -1.13. The maximum atomic E-state index is 14.6. The quantitative estimate of drug-likeness (QED) is 0.761. The smallest absolute Gasteiger partial charge is 0.335 e. The van der Waals surface area contributed by atoms with Gasteiger partial charge < -0.3 is 9.63 Å².